The number of hydrogen-bond donors (Lipinski definition) is 0. The molecule has 0 heterocycles. The Morgan fingerprint density at radius 1 is 0.400 bits per heavy atom. The van der Waals surface area contributed by atoms with Crippen molar-refractivity contribution < 1.29 is 22.9 Å². The van der Waals surface area contributed by atoms with E-state index in [0.717, 1.165) is 0 Å². The van der Waals surface area contributed by atoms with E-state index in [9.17, 15) is 0 Å². The molecule has 0 saturated heterocycles. The van der Waals surface area contributed by atoms with E-state index in [2.05, 4.69) is 0 Å². The quantitative estimate of drug-likeness (QED) is 0.323. The van der Waals surface area contributed by atoms with Crippen LogP contribution in [-0.2, 0) is 22.9 Å². The van der Waals surface area contributed by atoms with Crippen molar-refractivity contribution in [1.82, 2.24) is 0 Å². The Balaban J connectivity index is 0. The molecule has 0 aromatic rings. The zero-order valence-electron chi connectivity index (χ0n) is 3.78. The maximum absolute atomic E-state index is 5.03. The Bertz CT molecular complexity index is 50.2. The number of halogens is 8. The molecule has 0 nitrogen and oxygen atoms in total. The molecule has 0 amide bonds. The standard InChI is InChI=1S/8ClH.2Re/h8*1H;;/q;;;;;;;;2*+3/p-8. The Morgan fingerprint density at radius 2 is 0.400 bits per heavy atom. The third-order valence-corrected chi connectivity index (χ3v) is 0. The van der Waals surface area contributed by atoms with Gasteiger partial charge in [0.05, 0.1) is 0 Å². The minimum atomic E-state index is -3.22. The molecule has 0 aliphatic rings. The molecule has 0 fully saturated rings. The van der Waals surface area contributed by atoms with E-state index >= 15 is 0 Å². The van der Waals surface area contributed by atoms with Crippen LogP contribution in [0.1, 0.15) is 0 Å². The van der Waals surface area contributed by atoms with Crippen LogP contribution in [-0.4, -0.2) is 0 Å². The Kier molecular flexibility index (Phi) is 11.3. The zero-order valence-corrected chi connectivity index (χ0v) is 15.3. The van der Waals surface area contributed by atoms with Gasteiger partial charge in [-0.3, -0.25) is 0 Å². The van der Waals surface area contributed by atoms with Gasteiger partial charge in [0.15, 0.2) is 0 Å². The van der Waals surface area contributed by atoms with Gasteiger partial charge >= 0.3 is 99.1 Å². The van der Waals surface area contributed by atoms with Crippen molar-refractivity contribution in [3.8, 4) is 0 Å². The predicted octanol–water partition coefficient (Wildman–Crippen LogP) is 5.51. The Morgan fingerprint density at radius 3 is 0.400 bits per heavy atom. The summed E-state index contributed by atoms with van der Waals surface area (Å²) in [5.41, 5.74) is 0. The van der Waals surface area contributed by atoms with E-state index in [1.54, 1.807) is 0 Å². The molecule has 0 N–H and O–H groups in total. The molecule has 10 heavy (non-hydrogen) atoms. The molecule has 0 spiro atoms. The fourth-order valence-electron chi connectivity index (χ4n) is 0. The summed E-state index contributed by atoms with van der Waals surface area (Å²) in [5.74, 6) is 0. The summed E-state index contributed by atoms with van der Waals surface area (Å²) in [6.07, 6.45) is 0. The predicted molar refractivity (Wildman–Crippen MR) is 46.8 cm³/mol. The van der Waals surface area contributed by atoms with Crippen molar-refractivity contribution in [3.05, 3.63) is 0 Å². The number of rotatable bonds is 0. The van der Waals surface area contributed by atoms with Gasteiger partial charge in [-0.25, -0.2) is 0 Å². The fraction of sp³-hybridized carbons (Fsp3) is 0. The van der Waals surface area contributed by atoms with E-state index in [1.807, 2.05) is 0 Å². The van der Waals surface area contributed by atoms with Gasteiger partial charge in [0.2, 0.25) is 0 Å². The van der Waals surface area contributed by atoms with Crippen molar-refractivity contribution in [2.45, 2.75) is 0 Å². The second kappa shape index (κ2) is 7.01. The molecule has 0 bridgehead atoms. The molecule has 0 aromatic heterocycles. The van der Waals surface area contributed by atoms with Gasteiger partial charge in [0, 0.05) is 0 Å². The summed E-state index contributed by atoms with van der Waals surface area (Å²) in [4.78, 5) is 0. The van der Waals surface area contributed by atoms with Crippen molar-refractivity contribution in [3.63, 3.8) is 0 Å². The van der Waals surface area contributed by atoms with Crippen molar-refractivity contribution in [2.75, 3.05) is 0 Å². The van der Waals surface area contributed by atoms with E-state index in [4.69, 9.17) is 76.2 Å². The van der Waals surface area contributed by atoms with Gasteiger partial charge < -0.3 is 0 Å². The van der Waals surface area contributed by atoms with Crippen molar-refractivity contribution >= 4 is 76.2 Å². The zero-order chi connectivity index (χ0) is 9.00. The van der Waals surface area contributed by atoms with E-state index in [0.29, 0.717) is 0 Å². The summed E-state index contributed by atoms with van der Waals surface area (Å²) >= 11 is -6.44. The molecule has 0 aliphatic heterocycles. The maximum atomic E-state index is 5.03. The van der Waals surface area contributed by atoms with E-state index in [-0.39, 0.29) is 0 Å². The first-order valence-electron chi connectivity index (χ1n) is 1.14. The van der Waals surface area contributed by atoms with Gasteiger partial charge in [-0.05, 0) is 0 Å². The summed E-state index contributed by atoms with van der Waals surface area (Å²) < 4.78 is 0. The van der Waals surface area contributed by atoms with Crippen LogP contribution < -0.4 is 0 Å². The second-order valence-corrected chi connectivity index (χ2v) is 47.7. The molecular formula is Cl8Re2-2. The molecule has 0 unspecified atom stereocenters. The molecule has 0 aliphatic carbocycles. The molecular weight excluding hydrogens is 656 g/mol. The fourth-order valence-corrected chi connectivity index (χ4v) is 0. The van der Waals surface area contributed by atoms with Crippen LogP contribution in [0.5, 0.6) is 0 Å². The third kappa shape index (κ3) is 99.3. The van der Waals surface area contributed by atoms with Gasteiger partial charge in [0.1, 0.15) is 0 Å². The monoisotopic (exact) mass is 654 g/mol. The first kappa shape index (κ1) is 16.1. The van der Waals surface area contributed by atoms with E-state index < -0.39 is 22.9 Å². The molecule has 0 atom stereocenters. The van der Waals surface area contributed by atoms with Gasteiger partial charge in [-0.2, -0.15) is 0 Å². The molecule has 0 rings (SSSR count). The van der Waals surface area contributed by atoms with Crippen LogP contribution in [0.25, 0.3) is 0 Å². The Labute approximate surface area is 97.2 Å². The molecule has 10 heteroatoms. The van der Waals surface area contributed by atoms with E-state index in [1.165, 1.54) is 0 Å². The molecule has 72 valence electrons. The van der Waals surface area contributed by atoms with Crippen LogP contribution in [0.4, 0.5) is 0 Å². The first-order chi connectivity index (χ1) is 4.00. The van der Waals surface area contributed by atoms with Crippen LogP contribution >= 0.6 is 76.2 Å². The topological polar surface area (TPSA) is 0 Å². The molecule has 0 radical (unpaired) electrons. The van der Waals surface area contributed by atoms with Crippen molar-refractivity contribution in [1.29, 1.82) is 0 Å². The van der Waals surface area contributed by atoms with Crippen LogP contribution in [0.15, 0.2) is 0 Å². The van der Waals surface area contributed by atoms with Gasteiger partial charge in [0.25, 0.3) is 0 Å². The summed E-state index contributed by atoms with van der Waals surface area (Å²) in [6.45, 7) is 0. The minimum absolute atomic E-state index is 3.22. The average Bonchev–Trinajstić information content (AvgIpc) is 1.12. The van der Waals surface area contributed by atoms with Gasteiger partial charge in [-0.15, -0.1) is 0 Å². The summed E-state index contributed by atoms with van der Waals surface area (Å²) in [7, 11) is 40.2. The summed E-state index contributed by atoms with van der Waals surface area (Å²) in [6, 6.07) is 0. The van der Waals surface area contributed by atoms with Crippen LogP contribution in [0.3, 0.4) is 0 Å². The van der Waals surface area contributed by atoms with Gasteiger partial charge in [-0.1, -0.05) is 0 Å². The van der Waals surface area contributed by atoms with Crippen molar-refractivity contribution in [2.24, 2.45) is 0 Å². The molecule has 0 aromatic carbocycles. The third-order valence-electron chi connectivity index (χ3n) is 0. The summed E-state index contributed by atoms with van der Waals surface area (Å²) in [5, 5.41) is 0. The SMILES string of the molecule is [Cl][Re-]([Cl])([Cl])[Cl].[Cl][Re-]([Cl])([Cl])[Cl]. The van der Waals surface area contributed by atoms with Crippen LogP contribution in [0, 0.1) is 0 Å². The Hall–Kier alpha value is 3.64. The normalized spacial score (nSPS) is 15.2. The number of hydrogen-bond acceptors (Lipinski definition) is 0. The average molecular weight is 656 g/mol. The van der Waals surface area contributed by atoms with Crippen LogP contribution in [0.2, 0.25) is 0 Å². The molecule has 0 saturated carbocycles. The second-order valence-electron chi connectivity index (χ2n) is 0.648. The first-order valence-corrected chi connectivity index (χ1v) is 28.1.